The summed E-state index contributed by atoms with van der Waals surface area (Å²) in [4.78, 5) is 0. The molecule has 2 rings (SSSR count). The van der Waals surface area contributed by atoms with Crippen LogP contribution in [-0.2, 0) is 14.8 Å². The largest absolute Gasteiger partial charge is 0.382 e. The molecule has 6 heteroatoms. The SMILES string of the molecule is COC1CC(Nc2ccc(NS(C)(=O)=O)cc2)C1. The number of methoxy groups -OCH3 is 1. The van der Waals surface area contributed by atoms with Crippen LogP contribution in [0.3, 0.4) is 0 Å². The molecule has 1 aromatic carbocycles. The van der Waals surface area contributed by atoms with Crippen LogP contribution in [0.25, 0.3) is 0 Å². The zero-order chi connectivity index (χ0) is 13.2. The van der Waals surface area contributed by atoms with Crippen LogP contribution >= 0.6 is 0 Å². The molecule has 1 aliphatic rings. The first-order chi connectivity index (χ1) is 8.46. The van der Waals surface area contributed by atoms with Crippen molar-refractivity contribution < 1.29 is 13.2 Å². The van der Waals surface area contributed by atoms with Crippen molar-refractivity contribution in [1.29, 1.82) is 0 Å². The Kier molecular flexibility index (Phi) is 3.77. The molecule has 0 bridgehead atoms. The Balaban J connectivity index is 1.88. The summed E-state index contributed by atoms with van der Waals surface area (Å²) in [6.45, 7) is 0. The molecule has 100 valence electrons. The van der Waals surface area contributed by atoms with E-state index in [1.165, 1.54) is 0 Å². The van der Waals surface area contributed by atoms with Gasteiger partial charge in [0, 0.05) is 24.5 Å². The van der Waals surface area contributed by atoms with Crippen molar-refractivity contribution in [2.45, 2.75) is 25.0 Å². The first-order valence-corrected chi connectivity index (χ1v) is 7.72. The van der Waals surface area contributed by atoms with E-state index in [0.29, 0.717) is 17.8 Å². The number of anilines is 2. The highest BCUT2D eigenvalue weighted by Gasteiger charge is 2.28. The van der Waals surface area contributed by atoms with E-state index >= 15 is 0 Å². The summed E-state index contributed by atoms with van der Waals surface area (Å²) < 4.78 is 29.7. The first-order valence-electron chi connectivity index (χ1n) is 5.83. The minimum Gasteiger partial charge on any atom is -0.382 e. The van der Waals surface area contributed by atoms with E-state index in [9.17, 15) is 8.42 Å². The number of benzene rings is 1. The van der Waals surface area contributed by atoms with Crippen molar-refractivity contribution in [2.75, 3.05) is 23.4 Å². The molecular weight excluding hydrogens is 252 g/mol. The molecule has 1 aliphatic carbocycles. The first kappa shape index (κ1) is 13.2. The maximum atomic E-state index is 11.0. The molecule has 0 atom stereocenters. The molecule has 1 saturated carbocycles. The molecule has 18 heavy (non-hydrogen) atoms. The van der Waals surface area contributed by atoms with Gasteiger partial charge < -0.3 is 10.1 Å². The lowest BCUT2D eigenvalue weighted by Gasteiger charge is -2.35. The highest BCUT2D eigenvalue weighted by Crippen LogP contribution is 2.26. The molecule has 2 N–H and O–H groups in total. The van der Waals surface area contributed by atoms with E-state index in [4.69, 9.17) is 4.74 Å². The van der Waals surface area contributed by atoms with Gasteiger partial charge in [-0.3, -0.25) is 4.72 Å². The van der Waals surface area contributed by atoms with Crippen molar-refractivity contribution in [2.24, 2.45) is 0 Å². The van der Waals surface area contributed by atoms with Gasteiger partial charge in [0.15, 0.2) is 0 Å². The molecule has 0 unspecified atom stereocenters. The van der Waals surface area contributed by atoms with Crippen LogP contribution < -0.4 is 10.0 Å². The van der Waals surface area contributed by atoms with Gasteiger partial charge in [-0.25, -0.2) is 8.42 Å². The Labute approximate surface area is 108 Å². The van der Waals surface area contributed by atoms with Gasteiger partial charge in [0.1, 0.15) is 0 Å². The number of sulfonamides is 1. The van der Waals surface area contributed by atoms with E-state index in [0.717, 1.165) is 24.8 Å². The Morgan fingerprint density at radius 1 is 1.17 bits per heavy atom. The maximum absolute atomic E-state index is 11.0. The average Bonchev–Trinajstić information content (AvgIpc) is 2.23. The number of rotatable bonds is 5. The summed E-state index contributed by atoms with van der Waals surface area (Å²) in [5.74, 6) is 0. The molecular formula is C12H18N2O3S. The topological polar surface area (TPSA) is 67.4 Å². The Morgan fingerprint density at radius 2 is 1.72 bits per heavy atom. The van der Waals surface area contributed by atoms with E-state index in [-0.39, 0.29) is 0 Å². The van der Waals surface area contributed by atoms with Crippen LogP contribution in [0.4, 0.5) is 11.4 Å². The van der Waals surface area contributed by atoms with Crippen LogP contribution in [0.5, 0.6) is 0 Å². The summed E-state index contributed by atoms with van der Waals surface area (Å²) >= 11 is 0. The maximum Gasteiger partial charge on any atom is 0.229 e. The van der Waals surface area contributed by atoms with Gasteiger partial charge in [-0.2, -0.15) is 0 Å². The summed E-state index contributed by atoms with van der Waals surface area (Å²) in [6.07, 6.45) is 3.53. The minimum absolute atomic E-state index is 0.369. The zero-order valence-corrected chi connectivity index (χ0v) is 11.3. The molecule has 1 aromatic rings. The fourth-order valence-corrected chi connectivity index (χ4v) is 2.52. The molecule has 0 heterocycles. The Hall–Kier alpha value is -1.27. The molecule has 0 aromatic heterocycles. The molecule has 0 saturated heterocycles. The quantitative estimate of drug-likeness (QED) is 0.853. The van der Waals surface area contributed by atoms with Crippen LogP contribution in [0.15, 0.2) is 24.3 Å². The number of hydrogen-bond acceptors (Lipinski definition) is 4. The lowest BCUT2D eigenvalue weighted by molar-refractivity contribution is 0.0329. The van der Waals surface area contributed by atoms with E-state index < -0.39 is 10.0 Å². The van der Waals surface area contributed by atoms with Crippen molar-refractivity contribution in [3.8, 4) is 0 Å². The number of nitrogens with one attached hydrogen (secondary N) is 2. The molecule has 5 nitrogen and oxygen atoms in total. The summed E-state index contributed by atoms with van der Waals surface area (Å²) in [5, 5.41) is 3.38. The summed E-state index contributed by atoms with van der Waals surface area (Å²) in [7, 11) is -1.48. The van der Waals surface area contributed by atoms with Gasteiger partial charge in [0.05, 0.1) is 12.4 Å². The van der Waals surface area contributed by atoms with Crippen molar-refractivity contribution in [3.63, 3.8) is 0 Å². The van der Waals surface area contributed by atoms with Crippen molar-refractivity contribution in [3.05, 3.63) is 24.3 Å². The second-order valence-electron chi connectivity index (χ2n) is 4.62. The highest BCUT2D eigenvalue weighted by atomic mass is 32.2. The monoisotopic (exact) mass is 270 g/mol. The zero-order valence-electron chi connectivity index (χ0n) is 10.5. The molecule has 0 radical (unpaired) electrons. The van der Waals surface area contributed by atoms with Gasteiger partial charge in [-0.05, 0) is 37.1 Å². The summed E-state index contributed by atoms with van der Waals surface area (Å²) in [6, 6.07) is 7.68. The predicted molar refractivity (Wildman–Crippen MR) is 72.4 cm³/mol. The van der Waals surface area contributed by atoms with Gasteiger partial charge in [0.2, 0.25) is 10.0 Å². The van der Waals surface area contributed by atoms with E-state index in [1.54, 1.807) is 19.2 Å². The van der Waals surface area contributed by atoms with Gasteiger partial charge in [0.25, 0.3) is 0 Å². The Morgan fingerprint density at radius 3 is 2.22 bits per heavy atom. The van der Waals surface area contributed by atoms with Crippen molar-refractivity contribution >= 4 is 21.4 Å². The van der Waals surface area contributed by atoms with E-state index in [2.05, 4.69) is 10.0 Å². The standard InChI is InChI=1S/C12H18N2O3S/c1-17-12-7-11(8-12)13-9-3-5-10(6-4-9)14-18(2,15)16/h3-6,11-14H,7-8H2,1-2H3. The lowest BCUT2D eigenvalue weighted by Crippen LogP contribution is -2.40. The fourth-order valence-electron chi connectivity index (χ4n) is 1.96. The minimum atomic E-state index is -3.20. The van der Waals surface area contributed by atoms with Crippen LogP contribution in [0.2, 0.25) is 0 Å². The number of ether oxygens (including phenoxy) is 1. The third kappa shape index (κ3) is 3.61. The van der Waals surface area contributed by atoms with Crippen LogP contribution in [-0.4, -0.2) is 33.9 Å². The van der Waals surface area contributed by atoms with E-state index in [1.807, 2.05) is 12.1 Å². The Bertz CT molecular complexity index is 493. The van der Waals surface area contributed by atoms with Gasteiger partial charge >= 0.3 is 0 Å². The lowest BCUT2D eigenvalue weighted by atomic mass is 9.89. The normalized spacial score (nSPS) is 23.2. The van der Waals surface area contributed by atoms with Crippen LogP contribution in [0, 0.1) is 0 Å². The fraction of sp³-hybridized carbons (Fsp3) is 0.500. The smallest absolute Gasteiger partial charge is 0.229 e. The highest BCUT2D eigenvalue weighted by molar-refractivity contribution is 7.92. The second kappa shape index (κ2) is 5.16. The number of hydrogen-bond donors (Lipinski definition) is 2. The molecule has 0 aliphatic heterocycles. The third-order valence-corrected chi connectivity index (χ3v) is 3.59. The predicted octanol–water partition coefficient (Wildman–Crippen LogP) is 1.65. The van der Waals surface area contributed by atoms with Gasteiger partial charge in [-0.15, -0.1) is 0 Å². The van der Waals surface area contributed by atoms with Crippen LogP contribution in [0.1, 0.15) is 12.8 Å². The third-order valence-electron chi connectivity index (χ3n) is 2.99. The molecule has 0 amide bonds. The second-order valence-corrected chi connectivity index (χ2v) is 6.37. The molecule has 1 fully saturated rings. The summed E-state index contributed by atoms with van der Waals surface area (Å²) in [5.41, 5.74) is 1.57. The average molecular weight is 270 g/mol. The van der Waals surface area contributed by atoms with Crippen molar-refractivity contribution in [1.82, 2.24) is 0 Å². The molecule has 0 spiro atoms. The van der Waals surface area contributed by atoms with Gasteiger partial charge in [-0.1, -0.05) is 0 Å².